The van der Waals surface area contributed by atoms with Crippen molar-refractivity contribution in [3.05, 3.63) is 23.5 Å². The Hall–Kier alpha value is -1.39. The number of rotatable bonds is 10. The topological polar surface area (TPSA) is 18.5 Å². The zero-order valence-electron chi connectivity index (χ0n) is 12.7. The Morgan fingerprint density at radius 1 is 0.810 bits per heavy atom. The molecule has 0 aliphatic rings. The van der Waals surface area contributed by atoms with Crippen LogP contribution >= 0.6 is 0 Å². The molecule has 0 spiro atoms. The van der Waals surface area contributed by atoms with Crippen LogP contribution in [0.25, 0.3) is 0 Å². The maximum Gasteiger partial charge on any atom is 0.207 e. The van der Waals surface area contributed by atoms with Gasteiger partial charge in [-0.05, 0) is 12.8 Å². The van der Waals surface area contributed by atoms with Crippen molar-refractivity contribution in [2.45, 2.75) is 52.4 Å². The van der Waals surface area contributed by atoms with E-state index in [1.807, 2.05) is 6.92 Å². The maximum absolute atomic E-state index is 13.8. The number of halogens is 3. The number of hydrogen-bond acceptors (Lipinski definition) is 2. The molecule has 2 nitrogen and oxygen atoms in total. The summed E-state index contributed by atoms with van der Waals surface area (Å²) in [5.41, 5.74) is 0. The Morgan fingerprint density at radius 2 is 1.48 bits per heavy atom. The smallest absolute Gasteiger partial charge is 0.207 e. The van der Waals surface area contributed by atoms with Gasteiger partial charge < -0.3 is 9.47 Å². The van der Waals surface area contributed by atoms with Gasteiger partial charge in [-0.3, -0.25) is 0 Å². The highest BCUT2D eigenvalue weighted by Gasteiger charge is 2.21. The predicted octanol–water partition coefficient (Wildman–Crippen LogP) is 5.24. The lowest BCUT2D eigenvalue weighted by molar-refractivity contribution is 0.255. The second kappa shape index (κ2) is 9.53. The average molecular weight is 304 g/mol. The van der Waals surface area contributed by atoms with E-state index < -0.39 is 29.0 Å². The second-order valence-electron chi connectivity index (χ2n) is 4.92. The number of benzene rings is 1. The van der Waals surface area contributed by atoms with E-state index in [1.54, 1.807) is 0 Å². The van der Waals surface area contributed by atoms with E-state index in [4.69, 9.17) is 9.47 Å². The molecule has 0 unspecified atom stereocenters. The van der Waals surface area contributed by atoms with Crippen LogP contribution < -0.4 is 9.47 Å². The van der Waals surface area contributed by atoms with E-state index in [2.05, 4.69) is 6.92 Å². The van der Waals surface area contributed by atoms with Crippen LogP contribution in [-0.4, -0.2) is 13.2 Å². The van der Waals surface area contributed by atoms with Crippen LogP contribution in [0.15, 0.2) is 6.07 Å². The van der Waals surface area contributed by atoms with Gasteiger partial charge in [0.05, 0.1) is 13.2 Å². The highest BCUT2D eigenvalue weighted by molar-refractivity contribution is 5.36. The normalized spacial score (nSPS) is 10.7. The summed E-state index contributed by atoms with van der Waals surface area (Å²) < 4.78 is 51.3. The zero-order valence-corrected chi connectivity index (χ0v) is 12.7. The van der Waals surface area contributed by atoms with Gasteiger partial charge in [0.15, 0.2) is 17.3 Å². The number of hydrogen-bond donors (Lipinski definition) is 0. The van der Waals surface area contributed by atoms with E-state index in [-0.39, 0.29) is 13.2 Å². The van der Waals surface area contributed by atoms with Crippen LogP contribution in [0.1, 0.15) is 52.4 Å². The SMILES string of the molecule is CCCCCCOc1cc(F)c(OCCCC)c(F)c1F. The molecule has 0 atom stereocenters. The van der Waals surface area contributed by atoms with Gasteiger partial charge in [-0.25, -0.2) is 4.39 Å². The van der Waals surface area contributed by atoms with E-state index in [1.165, 1.54) is 0 Å². The summed E-state index contributed by atoms with van der Waals surface area (Å²) in [4.78, 5) is 0. The lowest BCUT2D eigenvalue weighted by atomic mass is 10.2. The summed E-state index contributed by atoms with van der Waals surface area (Å²) in [6.07, 6.45) is 5.27. The lowest BCUT2D eigenvalue weighted by Crippen LogP contribution is -2.06. The molecule has 120 valence electrons. The Kier molecular flexibility index (Phi) is 8.01. The van der Waals surface area contributed by atoms with Crippen molar-refractivity contribution in [1.29, 1.82) is 0 Å². The highest BCUT2D eigenvalue weighted by Crippen LogP contribution is 2.31. The quantitative estimate of drug-likeness (QED) is 0.434. The molecule has 0 radical (unpaired) electrons. The van der Waals surface area contributed by atoms with Crippen molar-refractivity contribution in [2.24, 2.45) is 0 Å². The lowest BCUT2D eigenvalue weighted by Gasteiger charge is -2.12. The van der Waals surface area contributed by atoms with Crippen LogP contribution in [-0.2, 0) is 0 Å². The summed E-state index contributed by atoms with van der Waals surface area (Å²) in [6.45, 7) is 4.39. The summed E-state index contributed by atoms with van der Waals surface area (Å²) in [7, 11) is 0. The molecule has 0 aliphatic carbocycles. The molecule has 1 aromatic rings. The minimum absolute atomic E-state index is 0.154. The van der Waals surface area contributed by atoms with Gasteiger partial charge in [-0.15, -0.1) is 0 Å². The summed E-state index contributed by atoms with van der Waals surface area (Å²) in [5, 5.41) is 0. The van der Waals surface area contributed by atoms with Gasteiger partial charge in [0.1, 0.15) is 0 Å². The van der Waals surface area contributed by atoms with Crippen LogP contribution in [0, 0.1) is 17.5 Å². The zero-order chi connectivity index (χ0) is 15.7. The largest absolute Gasteiger partial charge is 0.490 e. The molecule has 0 aliphatic heterocycles. The standard InChI is InChI=1S/C16H23F3O2/c1-3-5-7-8-10-20-13-11-12(17)16(15(19)14(13)18)21-9-6-4-2/h11H,3-10H2,1-2H3. The molecule has 0 fully saturated rings. The van der Waals surface area contributed by atoms with Gasteiger partial charge in [0.2, 0.25) is 11.6 Å². The first kappa shape index (κ1) is 17.7. The van der Waals surface area contributed by atoms with Gasteiger partial charge in [0, 0.05) is 6.07 Å². The number of ether oxygens (including phenoxy) is 2. The van der Waals surface area contributed by atoms with Gasteiger partial charge in [-0.1, -0.05) is 39.5 Å². The molecule has 0 heterocycles. The molecule has 21 heavy (non-hydrogen) atoms. The van der Waals surface area contributed by atoms with Crippen LogP contribution in [0.3, 0.4) is 0 Å². The summed E-state index contributed by atoms with van der Waals surface area (Å²) in [5.74, 6) is -4.52. The van der Waals surface area contributed by atoms with Crippen molar-refractivity contribution in [3.63, 3.8) is 0 Å². The van der Waals surface area contributed by atoms with Crippen molar-refractivity contribution in [1.82, 2.24) is 0 Å². The Bertz CT molecular complexity index is 436. The van der Waals surface area contributed by atoms with Crippen LogP contribution in [0.5, 0.6) is 11.5 Å². The van der Waals surface area contributed by atoms with Crippen molar-refractivity contribution >= 4 is 0 Å². The van der Waals surface area contributed by atoms with Gasteiger partial charge in [-0.2, -0.15) is 8.78 Å². The maximum atomic E-state index is 13.8. The van der Waals surface area contributed by atoms with Crippen molar-refractivity contribution in [3.8, 4) is 11.5 Å². The third-order valence-electron chi connectivity index (χ3n) is 3.08. The van der Waals surface area contributed by atoms with Crippen LogP contribution in [0.4, 0.5) is 13.2 Å². The molecule has 0 saturated carbocycles. The second-order valence-corrected chi connectivity index (χ2v) is 4.92. The average Bonchev–Trinajstić information content (AvgIpc) is 2.47. The Labute approximate surface area is 124 Å². The first-order chi connectivity index (χ1) is 10.1. The highest BCUT2D eigenvalue weighted by atomic mass is 19.2. The molecule has 0 bridgehead atoms. The van der Waals surface area contributed by atoms with Crippen molar-refractivity contribution in [2.75, 3.05) is 13.2 Å². The fourth-order valence-corrected chi connectivity index (χ4v) is 1.82. The van der Waals surface area contributed by atoms with E-state index in [0.29, 0.717) is 6.42 Å². The molecule has 0 aromatic heterocycles. The monoisotopic (exact) mass is 304 g/mol. The molecule has 0 amide bonds. The van der Waals surface area contributed by atoms with E-state index in [0.717, 1.165) is 38.2 Å². The molecule has 5 heteroatoms. The van der Waals surface area contributed by atoms with E-state index in [9.17, 15) is 13.2 Å². The fraction of sp³-hybridized carbons (Fsp3) is 0.625. The third-order valence-corrected chi connectivity index (χ3v) is 3.08. The Morgan fingerprint density at radius 3 is 2.14 bits per heavy atom. The molecule has 1 aromatic carbocycles. The molecule has 1 rings (SSSR count). The number of unbranched alkanes of at least 4 members (excludes halogenated alkanes) is 4. The van der Waals surface area contributed by atoms with E-state index >= 15 is 0 Å². The predicted molar refractivity (Wildman–Crippen MR) is 76.4 cm³/mol. The first-order valence-electron chi connectivity index (χ1n) is 7.54. The van der Waals surface area contributed by atoms with Crippen LogP contribution in [0.2, 0.25) is 0 Å². The summed E-state index contributed by atoms with van der Waals surface area (Å²) >= 11 is 0. The minimum Gasteiger partial charge on any atom is -0.490 e. The van der Waals surface area contributed by atoms with Gasteiger partial charge >= 0.3 is 0 Å². The summed E-state index contributed by atoms with van der Waals surface area (Å²) in [6, 6.07) is 0.847. The molecule has 0 N–H and O–H groups in total. The molecular formula is C16H23F3O2. The minimum atomic E-state index is -1.32. The Balaban J connectivity index is 2.66. The molecule has 0 saturated heterocycles. The third kappa shape index (κ3) is 5.48. The van der Waals surface area contributed by atoms with Crippen molar-refractivity contribution < 1.29 is 22.6 Å². The molecular weight excluding hydrogens is 281 g/mol. The first-order valence-corrected chi connectivity index (χ1v) is 7.54. The fourth-order valence-electron chi connectivity index (χ4n) is 1.82. The van der Waals surface area contributed by atoms with Gasteiger partial charge in [0.25, 0.3) is 0 Å².